The second kappa shape index (κ2) is 6.41. The number of likely N-dealkylation sites (N-methyl/N-ethyl adjacent to an activating group) is 1. The average Bonchev–Trinajstić information content (AvgIpc) is 2.37. The van der Waals surface area contributed by atoms with Crippen LogP contribution in [-0.2, 0) is 4.74 Å². The summed E-state index contributed by atoms with van der Waals surface area (Å²) >= 11 is 2.05. The Morgan fingerprint density at radius 1 is 1.41 bits per heavy atom. The Labute approximate surface area is 109 Å². The van der Waals surface area contributed by atoms with Gasteiger partial charge >= 0.3 is 0 Å². The van der Waals surface area contributed by atoms with Crippen LogP contribution in [0.4, 0.5) is 0 Å². The first-order valence-corrected chi connectivity index (χ1v) is 8.02. The zero-order valence-corrected chi connectivity index (χ0v) is 11.7. The van der Waals surface area contributed by atoms with Crippen LogP contribution < -0.4 is 0 Å². The molecule has 2 saturated heterocycles. The molecule has 3 nitrogen and oxygen atoms in total. The van der Waals surface area contributed by atoms with Crippen LogP contribution in [-0.4, -0.2) is 59.5 Å². The second-order valence-corrected chi connectivity index (χ2v) is 6.37. The van der Waals surface area contributed by atoms with Crippen LogP contribution in [0.5, 0.6) is 0 Å². The third-order valence-corrected chi connectivity index (χ3v) is 5.17. The van der Waals surface area contributed by atoms with Crippen molar-refractivity contribution in [2.24, 2.45) is 0 Å². The lowest BCUT2D eigenvalue weighted by molar-refractivity contribution is -0.110. The van der Waals surface area contributed by atoms with Crippen molar-refractivity contribution in [2.45, 2.75) is 44.2 Å². The maximum absolute atomic E-state index is 9.12. The summed E-state index contributed by atoms with van der Waals surface area (Å²) in [5, 5.41) is 9.12. The zero-order chi connectivity index (χ0) is 12.1. The van der Waals surface area contributed by atoms with E-state index in [4.69, 9.17) is 9.84 Å². The van der Waals surface area contributed by atoms with E-state index >= 15 is 0 Å². The summed E-state index contributed by atoms with van der Waals surface area (Å²) in [6.45, 7) is 5.21. The fourth-order valence-electron chi connectivity index (χ4n) is 3.13. The van der Waals surface area contributed by atoms with Crippen LogP contribution in [0.15, 0.2) is 0 Å². The van der Waals surface area contributed by atoms with Crippen molar-refractivity contribution in [3.63, 3.8) is 0 Å². The van der Waals surface area contributed by atoms with Gasteiger partial charge in [-0.05, 0) is 43.7 Å². The molecule has 2 aliphatic heterocycles. The molecule has 0 amide bonds. The van der Waals surface area contributed by atoms with E-state index in [0.29, 0.717) is 6.04 Å². The molecular formula is C13H25NO2S. The van der Waals surface area contributed by atoms with Crippen LogP contribution in [0.1, 0.15) is 32.6 Å². The van der Waals surface area contributed by atoms with Gasteiger partial charge in [0.15, 0.2) is 0 Å². The van der Waals surface area contributed by atoms with E-state index < -0.39 is 0 Å². The van der Waals surface area contributed by atoms with Crippen molar-refractivity contribution >= 4 is 11.8 Å². The summed E-state index contributed by atoms with van der Waals surface area (Å²) in [4.78, 5) is 2.42. The first kappa shape index (κ1) is 13.7. The molecule has 2 rings (SSSR count). The minimum Gasteiger partial charge on any atom is -0.395 e. The first-order chi connectivity index (χ1) is 8.29. The van der Waals surface area contributed by atoms with Gasteiger partial charge in [0.25, 0.3) is 0 Å². The molecule has 0 aliphatic carbocycles. The van der Waals surface area contributed by atoms with Crippen LogP contribution >= 0.6 is 11.8 Å². The molecule has 100 valence electrons. The molecule has 1 N–H and O–H groups in total. The van der Waals surface area contributed by atoms with Gasteiger partial charge < -0.3 is 9.84 Å². The lowest BCUT2D eigenvalue weighted by atomic mass is 9.85. The summed E-state index contributed by atoms with van der Waals surface area (Å²) in [6, 6.07) is 0.615. The molecule has 0 bridgehead atoms. The first-order valence-electron chi connectivity index (χ1n) is 6.86. The highest BCUT2D eigenvalue weighted by molar-refractivity contribution is 7.99. The second-order valence-electron chi connectivity index (χ2n) is 5.14. The largest absolute Gasteiger partial charge is 0.395 e. The maximum Gasteiger partial charge on any atom is 0.0713 e. The normalized spacial score (nSPS) is 28.8. The molecule has 17 heavy (non-hydrogen) atoms. The van der Waals surface area contributed by atoms with Gasteiger partial charge in [0.2, 0.25) is 0 Å². The SMILES string of the molecule is CCN(CCO)C1CCOC2(CCSCC2)C1. The van der Waals surface area contributed by atoms with Gasteiger partial charge in [-0.3, -0.25) is 4.90 Å². The van der Waals surface area contributed by atoms with E-state index in [1.54, 1.807) is 0 Å². The molecule has 2 fully saturated rings. The Morgan fingerprint density at radius 3 is 2.82 bits per heavy atom. The molecule has 2 aliphatic rings. The molecule has 0 aromatic rings. The number of thioether (sulfide) groups is 1. The summed E-state index contributed by atoms with van der Waals surface area (Å²) in [5.41, 5.74) is 0.164. The summed E-state index contributed by atoms with van der Waals surface area (Å²) < 4.78 is 6.11. The number of aliphatic hydroxyl groups is 1. The summed E-state index contributed by atoms with van der Waals surface area (Å²) in [7, 11) is 0. The van der Waals surface area contributed by atoms with E-state index in [1.807, 2.05) is 0 Å². The van der Waals surface area contributed by atoms with Gasteiger partial charge in [-0.2, -0.15) is 11.8 Å². The predicted molar refractivity (Wildman–Crippen MR) is 72.6 cm³/mol. The van der Waals surface area contributed by atoms with Crippen LogP contribution in [0.3, 0.4) is 0 Å². The minimum absolute atomic E-state index is 0.164. The molecule has 0 aromatic heterocycles. The van der Waals surface area contributed by atoms with Crippen molar-refractivity contribution in [3.05, 3.63) is 0 Å². The van der Waals surface area contributed by atoms with Crippen molar-refractivity contribution in [3.8, 4) is 0 Å². The van der Waals surface area contributed by atoms with E-state index in [2.05, 4.69) is 23.6 Å². The number of rotatable bonds is 4. The Kier molecular flexibility index (Phi) is 5.15. The summed E-state index contributed by atoms with van der Waals surface area (Å²) in [6.07, 6.45) is 4.72. The molecule has 1 spiro atoms. The van der Waals surface area contributed by atoms with Crippen LogP contribution in [0.2, 0.25) is 0 Å². The Hall–Kier alpha value is 0.230. The fourth-order valence-corrected chi connectivity index (χ4v) is 4.37. The van der Waals surface area contributed by atoms with Crippen molar-refractivity contribution < 1.29 is 9.84 Å². The van der Waals surface area contributed by atoms with Gasteiger partial charge in [0, 0.05) is 19.2 Å². The summed E-state index contributed by atoms with van der Waals surface area (Å²) in [5.74, 6) is 2.50. The molecule has 0 saturated carbocycles. The third kappa shape index (κ3) is 3.37. The zero-order valence-electron chi connectivity index (χ0n) is 10.9. The lowest BCUT2D eigenvalue weighted by Gasteiger charge is -2.46. The molecule has 1 unspecified atom stereocenters. The maximum atomic E-state index is 9.12. The van der Waals surface area contributed by atoms with E-state index in [1.165, 1.54) is 30.8 Å². The van der Waals surface area contributed by atoms with Gasteiger partial charge in [-0.15, -0.1) is 0 Å². The Morgan fingerprint density at radius 2 is 2.18 bits per heavy atom. The highest BCUT2D eigenvalue weighted by Gasteiger charge is 2.39. The molecule has 0 aromatic carbocycles. The van der Waals surface area contributed by atoms with Gasteiger partial charge in [-0.1, -0.05) is 6.92 Å². The topological polar surface area (TPSA) is 32.7 Å². The monoisotopic (exact) mass is 259 g/mol. The van der Waals surface area contributed by atoms with Gasteiger partial charge in [0.1, 0.15) is 0 Å². The predicted octanol–water partition coefficient (Wildman–Crippen LogP) is 1.75. The standard InChI is InChI=1S/C13H25NO2S/c1-2-14(6-7-15)12-3-8-16-13(11-12)4-9-17-10-5-13/h12,15H,2-11H2,1H3. The number of nitrogens with zero attached hydrogens (tertiary/aromatic N) is 1. The molecule has 1 atom stereocenters. The highest BCUT2D eigenvalue weighted by atomic mass is 32.2. The lowest BCUT2D eigenvalue weighted by Crippen LogP contribution is -2.50. The third-order valence-electron chi connectivity index (χ3n) is 4.18. The molecular weight excluding hydrogens is 234 g/mol. The molecule has 4 heteroatoms. The number of hydrogen-bond acceptors (Lipinski definition) is 4. The average molecular weight is 259 g/mol. The fraction of sp³-hybridized carbons (Fsp3) is 1.00. The smallest absolute Gasteiger partial charge is 0.0713 e. The number of ether oxygens (including phenoxy) is 1. The van der Waals surface area contributed by atoms with Crippen molar-refractivity contribution in [1.82, 2.24) is 4.90 Å². The highest BCUT2D eigenvalue weighted by Crippen LogP contribution is 2.38. The number of aliphatic hydroxyl groups excluding tert-OH is 1. The Bertz CT molecular complexity index is 226. The van der Waals surface area contributed by atoms with E-state index in [0.717, 1.165) is 26.1 Å². The van der Waals surface area contributed by atoms with Crippen molar-refractivity contribution in [2.75, 3.05) is 37.8 Å². The molecule has 0 radical (unpaired) electrons. The van der Waals surface area contributed by atoms with E-state index in [9.17, 15) is 0 Å². The van der Waals surface area contributed by atoms with E-state index in [-0.39, 0.29) is 12.2 Å². The van der Waals surface area contributed by atoms with Crippen LogP contribution in [0.25, 0.3) is 0 Å². The Balaban J connectivity index is 1.95. The number of hydrogen-bond donors (Lipinski definition) is 1. The molecule has 2 heterocycles. The van der Waals surface area contributed by atoms with Crippen LogP contribution in [0, 0.1) is 0 Å². The van der Waals surface area contributed by atoms with Gasteiger partial charge in [0.05, 0.1) is 12.2 Å². The quantitative estimate of drug-likeness (QED) is 0.834. The minimum atomic E-state index is 0.164. The van der Waals surface area contributed by atoms with Gasteiger partial charge in [-0.25, -0.2) is 0 Å². The van der Waals surface area contributed by atoms with Crippen molar-refractivity contribution in [1.29, 1.82) is 0 Å².